The number of oxime groups is 1. The summed E-state index contributed by atoms with van der Waals surface area (Å²) in [6.45, 7) is 1.73. The molecule has 92 valence electrons. The van der Waals surface area contributed by atoms with Gasteiger partial charge in [-0.2, -0.15) is 0 Å². The van der Waals surface area contributed by atoms with Crippen LogP contribution in [0.15, 0.2) is 35.5 Å². The zero-order valence-corrected chi connectivity index (χ0v) is 10.0. The van der Waals surface area contributed by atoms with E-state index in [1.54, 1.807) is 0 Å². The molecular formula is C13H18N2O2. The highest BCUT2D eigenvalue weighted by Crippen LogP contribution is 2.03. The summed E-state index contributed by atoms with van der Waals surface area (Å²) in [5.74, 6) is -0.138. The first-order chi connectivity index (χ1) is 8.22. The Balaban J connectivity index is 2.22. The number of carbonyl (C=O) groups excluding carboxylic acids is 1. The van der Waals surface area contributed by atoms with E-state index in [2.05, 4.69) is 22.2 Å². The number of hydrogen-bond donors (Lipinski definition) is 1. The van der Waals surface area contributed by atoms with E-state index in [0.717, 1.165) is 25.7 Å². The average Bonchev–Trinajstić information content (AvgIpc) is 2.30. The molecule has 0 heterocycles. The standard InChI is InChI=1S/C13H18N2O2/c1-15(9-5-8-13(16)10-14-17)11-12-6-3-2-4-7-12/h2-4,6-7,10,17H,5,8-9,11H2,1H3/b14-10+. The summed E-state index contributed by atoms with van der Waals surface area (Å²) in [5, 5.41) is 10.9. The number of nitrogens with zero attached hydrogens (tertiary/aromatic N) is 2. The molecule has 0 saturated heterocycles. The van der Waals surface area contributed by atoms with E-state index in [-0.39, 0.29) is 5.78 Å². The molecule has 1 aromatic carbocycles. The minimum Gasteiger partial charge on any atom is -0.411 e. The van der Waals surface area contributed by atoms with Gasteiger partial charge in [0.1, 0.15) is 6.21 Å². The number of ketones is 1. The second-order valence-electron chi connectivity index (χ2n) is 4.04. The molecule has 4 nitrogen and oxygen atoms in total. The van der Waals surface area contributed by atoms with E-state index in [1.807, 2.05) is 25.2 Å². The van der Waals surface area contributed by atoms with Gasteiger partial charge in [0.2, 0.25) is 0 Å². The molecule has 0 aliphatic rings. The summed E-state index contributed by atoms with van der Waals surface area (Å²) < 4.78 is 0. The molecule has 0 amide bonds. The average molecular weight is 234 g/mol. The fourth-order valence-electron chi connectivity index (χ4n) is 1.63. The van der Waals surface area contributed by atoms with Crippen molar-refractivity contribution in [1.82, 2.24) is 4.90 Å². The summed E-state index contributed by atoms with van der Waals surface area (Å²) in [6, 6.07) is 10.2. The van der Waals surface area contributed by atoms with Crippen molar-refractivity contribution in [3.63, 3.8) is 0 Å². The highest BCUT2D eigenvalue weighted by Gasteiger charge is 2.02. The third-order valence-corrected chi connectivity index (χ3v) is 2.46. The van der Waals surface area contributed by atoms with Crippen LogP contribution >= 0.6 is 0 Å². The largest absolute Gasteiger partial charge is 0.411 e. The van der Waals surface area contributed by atoms with Gasteiger partial charge in [-0.1, -0.05) is 35.5 Å². The Bertz CT molecular complexity index is 363. The van der Waals surface area contributed by atoms with E-state index in [4.69, 9.17) is 5.21 Å². The number of Topliss-reactive ketones (excluding diaryl/α,β-unsaturated/α-hetero) is 1. The van der Waals surface area contributed by atoms with Crippen LogP contribution in [0.25, 0.3) is 0 Å². The zero-order valence-electron chi connectivity index (χ0n) is 10.0. The number of carbonyl (C=O) groups is 1. The zero-order chi connectivity index (χ0) is 12.5. The van der Waals surface area contributed by atoms with Crippen molar-refractivity contribution in [2.45, 2.75) is 19.4 Å². The van der Waals surface area contributed by atoms with Crippen molar-refractivity contribution in [3.05, 3.63) is 35.9 Å². The summed E-state index contributed by atoms with van der Waals surface area (Å²) in [4.78, 5) is 13.2. The van der Waals surface area contributed by atoms with E-state index in [1.165, 1.54) is 5.56 Å². The molecule has 1 N–H and O–H groups in total. The van der Waals surface area contributed by atoms with Crippen molar-refractivity contribution in [1.29, 1.82) is 0 Å². The topological polar surface area (TPSA) is 52.9 Å². The van der Waals surface area contributed by atoms with Crippen LogP contribution in [0.1, 0.15) is 18.4 Å². The second-order valence-corrected chi connectivity index (χ2v) is 4.04. The van der Waals surface area contributed by atoms with E-state index in [9.17, 15) is 4.79 Å². The lowest BCUT2D eigenvalue weighted by Crippen LogP contribution is -2.19. The molecule has 0 atom stereocenters. The predicted octanol–water partition coefficient (Wildman–Crippen LogP) is 1.93. The minimum absolute atomic E-state index is 0.138. The highest BCUT2D eigenvalue weighted by atomic mass is 16.4. The Morgan fingerprint density at radius 3 is 2.76 bits per heavy atom. The molecule has 1 rings (SSSR count). The van der Waals surface area contributed by atoms with Gasteiger partial charge >= 0.3 is 0 Å². The molecular weight excluding hydrogens is 216 g/mol. The van der Waals surface area contributed by atoms with Crippen LogP contribution in [0.4, 0.5) is 0 Å². The number of rotatable bonds is 7. The minimum atomic E-state index is -0.138. The SMILES string of the molecule is CN(CCCC(=O)/C=N/O)Cc1ccccc1. The van der Waals surface area contributed by atoms with Gasteiger partial charge in [0.15, 0.2) is 5.78 Å². The van der Waals surface area contributed by atoms with Gasteiger partial charge in [-0.3, -0.25) is 4.79 Å². The fraction of sp³-hybridized carbons (Fsp3) is 0.385. The molecule has 4 heteroatoms. The van der Waals surface area contributed by atoms with Crippen molar-refractivity contribution in [2.75, 3.05) is 13.6 Å². The molecule has 0 unspecified atom stereocenters. The van der Waals surface area contributed by atoms with Crippen LogP contribution in [0, 0.1) is 0 Å². The van der Waals surface area contributed by atoms with E-state index < -0.39 is 0 Å². The van der Waals surface area contributed by atoms with Crippen LogP contribution in [0.5, 0.6) is 0 Å². The second kappa shape index (κ2) is 7.57. The Morgan fingerprint density at radius 2 is 2.12 bits per heavy atom. The number of benzene rings is 1. The molecule has 0 fully saturated rings. The third-order valence-electron chi connectivity index (χ3n) is 2.46. The molecule has 0 bridgehead atoms. The lowest BCUT2D eigenvalue weighted by Gasteiger charge is -2.15. The Labute approximate surface area is 102 Å². The van der Waals surface area contributed by atoms with Crippen molar-refractivity contribution in [3.8, 4) is 0 Å². The molecule has 0 radical (unpaired) electrons. The predicted molar refractivity (Wildman–Crippen MR) is 67.3 cm³/mol. The van der Waals surface area contributed by atoms with Crippen molar-refractivity contribution >= 4 is 12.0 Å². The van der Waals surface area contributed by atoms with Crippen LogP contribution in [-0.4, -0.2) is 35.7 Å². The Morgan fingerprint density at radius 1 is 1.41 bits per heavy atom. The molecule has 0 saturated carbocycles. The summed E-state index contributed by atoms with van der Waals surface area (Å²) in [5.41, 5.74) is 1.26. The van der Waals surface area contributed by atoms with Gasteiger partial charge in [-0.05, 0) is 25.6 Å². The quantitative estimate of drug-likeness (QED) is 0.445. The van der Waals surface area contributed by atoms with Crippen LogP contribution in [0.2, 0.25) is 0 Å². The lowest BCUT2D eigenvalue weighted by molar-refractivity contribution is -0.112. The van der Waals surface area contributed by atoms with Crippen molar-refractivity contribution in [2.24, 2.45) is 5.16 Å². The maximum atomic E-state index is 11.1. The first kappa shape index (κ1) is 13.4. The van der Waals surface area contributed by atoms with Gasteiger partial charge in [0, 0.05) is 13.0 Å². The molecule has 0 aliphatic heterocycles. The first-order valence-corrected chi connectivity index (χ1v) is 5.65. The van der Waals surface area contributed by atoms with Gasteiger partial charge < -0.3 is 10.1 Å². The molecule has 0 aromatic heterocycles. The fourth-order valence-corrected chi connectivity index (χ4v) is 1.63. The van der Waals surface area contributed by atoms with Gasteiger partial charge in [-0.25, -0.2) is 0 Å². The van der Waals surface area contributed by atoms with Gasteiger partial charge in [-0.15, -0.1) is 0 Å². The summed E-state index contributed by atoms with van der Waals surface area (Å²) in [6.07, 6.45) is 2.15. The van der Waals surface area contributed by atoms with Gasteiger partial charge in [0.25, 0.3) is 0 Å². The summed E-state index contributed by atoms with van der Waals surface area (Å²) in [7, 11) is 2.03. The molecule has 0 aliphatic carbocycles. The van der Waals surface area contributed by atoms with Crippen LogP contribution < -0.4 is 0 Å². The third kappa shape index (κ3) is 5.82. The van der Waals surface area contributed by atoms with E-state index in [0.29, 0.717) is 6.42 Å². The first-order valence-electron chi connectivity index (χ1n) is 5.65. The Hall–Kier alpha value is -1.68. The maximum absolute atomic E-state index is 11.1. The van der Waals surface area contributed by atoms with E-state index >= 15 is 0 Å². The molecule has 17 heavy (non-hydrogen) atoms. The van der Waals surface area contributed by atoms with Crippen LogP contribution in [-0.2, 0) is 11.3 Å². The maximum Gasteiger partial charge on any atom is 0.177 e. The Kier molecular flexibility index (Phi) is 5.96. The molecule has 0 spiro atoms. The number of hydrogen-bond acceptors (Lipinski definition) is 4. The normalized spacial score (nSPS) is 11.2. The lowest BCUT2D eigenvalue weighted by atomic mass is 10.2. The van der Waals surface area contributed by atoms with Crippen molar-refractivity contribution < 1.29 is 10.0 Å². The van der Waals surface area contributed by atoms with Gasteiger partial charge in [0.05, 0.1) is 0 Å². The smallest absolute Gasteiger partial charge is 0.177 e. The summed E-state index contributed by atoms with van der Waals surface area (Å²) >= 11 is 0. The monoisotopic (exact) mass is 234 g/mol. The van der Waals surface area contributed by atoms with Crippen LogP contribution in [0.3, 0.4) is 0 Å². The highest BCUT2D eigenvalue weighted by molar-refractivity contribution is 6.27. The molecule has 1 aromatic rings.